The number of imidazole rings is 1. The number of nitrogens with one attached hydrogen (secondary N) is 1. The topological polar surface area (TPSA) is 33.1 Å². The molecule has 2 aromatic rings. The molecule has 1 aliphatic heterocycles. The number of benzene rings is 1. The average molecular weight is 393 g/mol. The molecule has 0 saturated carbocycles. The summed E-state index contributed by atoms with van der Waals surface area (Å²) in [5, 5.41) is 3.65. The number of hydrogen-bond acceptors (Lipinski definition) is 3. The molecular formula is C19H29BrN4. The monoisotopic (exact) mass is 392 g/mol. The van der Waals surface area contributed by atoms with Gasteiger partial charge in [-0.25, -0.2) is 4.98 Å². The summed E-state index contributed by atoms with van der Waals surface area (Å²) in [5.41, 5.74) is 2.34. The van der Waals surface area contributed by atoms with Crippen molar-refractivity contribution in [1.29, 1.82) is 0 Å². The Hall–Kier alpha value is -0.910. The van der Waals surface area contributed by atoms with Crippen molar-refractivity contribution in [3.05, 3.63) is 28.5 Å². The summed E-state index contributed by atoms with van der Waals surface area (Å²) >= 11 is 3.61. The van der Waals surface area contributed by atoms with Crippen molar-refractivity contribution < 1.29 is 0 Å². The summed E-state index contributed by atoms with van der Waals surface area (Å²) in [6.45, 7) is 12.2. The maximum absolute atomic E-state index is 5.05. The molecule has 1 fully saturated rings. The second-order valence-corrected chi connectivity index (χ2v) is 7.99. The summed E-state index contributed by atoms with van der Waals surface area (Å²) in [4.78, 5) is 7.69. The minimum Gasteiger partial charge on any atom is -0.327 e. The Labute approximate surface area is 153 Å². The van der Waals surface area contributed by atoms with Gasteiger partial charge in [-0.1, -0.05) is 29.3 Å². The lowest BCUT2D eigenvalue weighted by atomic mass is 10.0. The number of halogens is 1. The number of piperazine rings is 1. The van der Waals surface area contributed by atoms with Crippen LogP contribution in [0.15, 0.2) is 22.7 Å². The number of nitrogens with zero attached hydrogens (tertiary/aromatic N) is 3. The van der Waals surface area contributed by atoms with Crippen molar-refractivity contribution >= 4 is 27.0 Å². The molecular weight excluding hydrogens is 364 g/mol. The van der Waals surface area contributed by atoms with E-state index in [2.05, 4.69) is 76.6 Å². The van der Waals surface area contributed by atoms with E-state index < -0.39 is 0 Å². The van der Waals surface area contributed by atoms with Crippen LogP contribution in [0.5, 0.6) is 0 Å². The van der Waals surface area contributed by atoms with Crippen molar-refractivity contribution in [1.82, 2.24) is 19.8 Å². The largest absolute Gasteiger partial charge is 0.327 e. The fourth-order valence-corrected chi connectivity index (χ4v) is 4.42. The summed E-state index contributed by atoms with van der Waals surface area (Å²) < 4.78 is 3.52. The smallest absolute Gasteiger partial charge is 0.127 e. The molecule has 2 heterocycles. The molecule has 3 atom stereocenters. The third-order valence-corrected chi connectivity index (χ3v) is 5.44. The van der Waals surface area contributed by atoms with Crippen LogP contribution in [0.1, 0.15) is 52.4 Å². The van der Waals surface area contributed by atoms with E-state index in [1.807, 2.05) is 0 Å². The lowest BCUT2D eigenvalue weighted by Crippen LogP contribution is -2.55. The van der Waals surface area contributed by atoms with Gasteiger partial charge in [-0.2, -0.15) is 0 Å². The Morgan fingerprint density at radius 1 is 1.25 bits per heavy atom. The maximum Gasteiger partial charge on any atom is 0.127 e. The Bertz CT molecular complexity index is 686. The number of aryl methyl sites for hydroxylation is 1. The first kappa shape index (κ1) is 17.9. The van der Waals surface area contributed by atoms with Crippen LogP contribution in [0.4, 0.5) is 0 Å². The van der Waals surface area contributed by atoms with Crippen LogP contribution in [0.25, 0.3) is 11.0 Å². The highest BCUT2D eigenvalue weighted by Gasteiger charge is 2.30. The second-order valence-electron chi connectivity index (χ2n) is 7.07. The van der Waals surface area contributed by atoms with E-state index in [9.17, 15) is 0 Å². The van der Waals surface area contributed by atoms with Crippen molar-refractivity contribution in [3.63, 3.8) is 0 Å². The number of hydrogen-bond donors (Lipinski definition) is 1. The van der Waals surface area contributed by atoms with Crippen LogP contribution in [-0.2, 0) is 6.54 Å². The molecule has 0 bridgehead atoms. The van der Waals surface area contributed by atoms with E-state index in [1.165, 1.54) is 17.8 Å². The summed E-state index contributed by atoms with van der Waals surface area (Å²) in [6, 6.07) is 7.86. The molecule has 0 radical (unpaired) electrons. The van der Waals surface area contributed by atoms with Crippen LogP contribution in [0.3, 0.4) is 0 Å². The van der Waals surface area contributed by atoms with Gasteiger partial charge in [0, 0.05) is 36.2 Å². The second kappa shape index (κ2) is 7.54. The van der Waals surface area contributed by atoms with E-state index in [1.54, 1.807) is 0 Å². The van der Waals surface area contributed by atoms with Gasteiger partial charge in [-0.3, -0.25) is 4.90 Å². The zero-order chi connectivity index (χ0) is 17.3. The molecule has 1 N–H and O–H groups in total. The molecule has 1 aromatic carbocycles. The van der Waals surface area contributed by atoms with Crippen molar-refractivity contribution in [2.45, 2.75) is 65.2 Å². The molecule has 1 aliphatic rings. The van der Waals surface area contributed by atoms with Gasteiger partial charge in [-0.15, -0.1) is 0 Å². The minimum atomic E-state index is 0.396. The fraction of sp³-hybridized carbons (Fsp3) is 0.632. The van der Waals surface area contributed by atoms with Gasteiger partial charge in [-0.05, 0) is 45.4 Å². The fourth-order valence-electron chi connectivity index (χ4n) is 4.07. The normalized spacial score (nSPS) is 23.7. The number of rotatable bonds is 5. The van der Waals surface area contributed by atoms with Gasteiger partial charge in [0.05, 0.1) is 17.1 Å². The summed E-state index contributed by atoms with van der Waals surface area (Å²) in [5.74, 6) is 1.23. The van der Waals surface area contributed by atoms with Gasteiger partial charge >= 0.3 is 0 Å². The number of aromatic nitrogens is 2. The van der Waals surface area contributed by atoms with Crippen LogP contribution < -0.4 is 5.32 Å². The SMILES string of the molecule is CCCC(c1nc2ccc(Br)cc2n1CC)N1C[C@@H](C)N[C@@H](C)C1. The van der Waals surface area contributed by atoms with Crippen LogP contribution >= 0.6 is 15.9 Å². The number of fused-ring (bicyclic) bond motifs is 1. The zero-order valence-electron chi connectivity index (χ0n) is 15.2. The highest BCUT2D eigenvalue weighted by atomic mass is 79.9. The van der Waals surface area contributed by atoms with E-state index >= 15 is 0 Å². The van der Waals surface area contributed by atoms with E-state index in [0.29, 0.717) is 18.1 Å². The maximum atomic E-state index is 5.05. The minimum absolute atomic E-state index is 0.396. The molecule has 132 valence electrons. The van der Waals surface area contributed by atoms with E-state index in [-0.39, 0.29) is 0 Å². The quantitative estimate of drug-likeness (QED) is 0.820. The Kier molecular flexibility index (Phi) is 5.63. The molecule has 0 amide bonds. The third kappa shape index (κ3) is 3.53. The summed E-state index contributed by atoms with van der Waals surface area (Å²) in [7, 11) is 0. The Morgan fingerprint density at radius 2 is 1.96 bits per heavy atom. The molecule has 0 aliphatic carbocycles. The predicted octanol–water partition coefficient (Wildman–Crippen LogP) is 4.34. The molecule has 0 spiro atoms. The lowest BCUT2D eigenvalue weighted by Gasteiger charge is -2.40. The summed E-state index contributed by atoms with van der Waals surface area (Å²) in [6.07, 6.45) is 2.33. The molecule has 24 heavy (non-hydrogen) atoms. The van der Waals surface area contributed by atoms with Crippen LogP contribution in [0.2, 0.25) is 0 Å². The van der Waals surface area contributed by atoms with Gasteiger partial charge in [0.1, 0.15) is 5.82 Å². The molecule has 5 heteroatoms. The lowest BCUT2D eigenvalue weighted by molar-refractivity contribution is 0.110. The molecule has 1 saturated heterocycles. The van der Waals surface area contributed by atoms with Gasteiger partial charge in [0.25, 0.3) is 0 Å². The zero-order valence-corrected chi connectivity index (χ0v) is 16.8. The first-order chi connectivity index (χ1) is 11.5. The first-order valence-corrected chi connectivity index (χ1v) is 9.98. The molecule has 1 unspecified atom stereocenters. The van der Waals surface area contributed by atoms with E-state index in [4.69, 9.17) is 4.98 Å². The third-order valence-electron chi connectivity index (χ3n) is 4.94. The average Bonchev–Trinajstić information content (AvgIpc) is 2.88. The van der Waals surface area contributed by atoms with Crippen molar-refractivity contribution in [2.24, 2.45) is 0 Å². The van der Waals surface area contributed by atoms with Crippen LogP contribution in [0, 0.1) is 0 Å². The Balaban J connectivity index is 2.03. The molecule has 4 nitrogen and oxygen atoms in total. The van der Waals surface area contributed by atoms with Crippen LogP contribution in [-0.4, -0.2) is 39.6 Å². The van der Waals surface area contributed by atoms with Crippen molar-refractivity contribution in [2.75, 3.05) is 13.1 Å². The predicted molar refractivity (Wildman–Crippen MR) is 104 cm³/mol. The molecule has 3 rings (SSSR count). The standard InChI is InChI=1S/C19H29BrN4/c1-5-7-17(23-11-13(3)21-14(4)12-23)19-22-16-9-8-15(20)10-18(16)24(19)6-2/h8-10,13-14,17,21H,5-7,11-12H2,1-4H3/t13-,14+,17?. The van der Waals surface area contributed by atoms with Crippen molar-refractivity contribution in [3.8, 4) is 0 Å². The van der Waals surface area contributed by atoms with Gasteiger partial charge in [0.2, 0.25) is 0 Å². The highest BCUT2D eigenvalue weighted by Crippen LogP contribution is 2.31. The van der Waals surface area contributed by atoms with Gasteiger partial charge in [0.15, 0.2) is 0 Å². The Morgan fingerprint density at radius 3 is 2.58 bits per heavy atom. The highest BCUT2D eigenvalue weighted by molar-refractivity contribution is 9.10. The first-order valence-electron chi connectivity index (χ1n) is 9.19. The van der Waals surface area contributed by atoms with Gasteiger partial charge < -0.3 is 9.88 Å². The van der Waals surface area contributed by atoms with E-state index in [0.717, 1.165) is 36.0 Å². The molecule has 1 aromatic heterocycles.